The van der Waals surface area contributed by atoms with Crippen LogP contribution in [0.15, 0.2) is 11.6 Å². The van der Waals surface area contributed by atoms with E-state index in [4.69, 9.17) is 0 Å². The molecule has 0 fully saturated rings. The summed E-state index contributed by atoms with van der Waals surface area (Å²) in [6.45, 7) is 7.84. The van der Waals surface area contributed by atoms with Crippen molar-refractivity contribution in [3.05, 3.63) is 11.6 Å². The Morgan fingerprint density at radius 3 is 2.85 bits per heavy atom. The van der Waals surface area contributed by atoms with Gasteiger partial charge in [-0.15, -0.1) is 0 Å². The summed E-state index contributed by atoms with van der Waals surface area (Å²) in [5.74, 6) is 0.426. The third-order valence-electron chi connectivity index (χ3n) is 2.49. The minimum Gasteiger partial charge on any atom is -0.338 e. The second-order valence-corrected chi connectivity index (χ2v) is 3.92. The Labute approximate surface area is 80.6 Å². The zero-order valence-electron chi connectivity index (χ0n) is 8.84. The van der Waals surface area contributed by atoms with Gasteiger partial charge in [0, 0.05) is 19.0 Å². The molecule has 1 rings (SSSR count). The van der Waals surface area contributed by atoms with E-state index in [0.29, 0.717) is 5.91 Å². The molecule has 0 aromatic carbocycles. The fourth-order valence-corrected chi connectivity index (χ4v) is 1.62. The van der Waals surface area contributed by atoms with Gasteiger partial charge in [0.25, 0.3) is 0 Å². The molecule has 2 nitrogen and oxygen atoms in total. The fourth-order valence-electron chi connectivity index (χ4n) is 1.62. The van der Waals surface area contributed by atoms with Crippen LogP contribution in [0, 0.1) is 5.92 Å². The van der Waals surface area contributed by atoms with E-state index in [1.807, 2.05) is 18.7 Å². The summed E-state index contributed by atoms with van der Waals surface area (Å²) in [6, 6.07) is 0. The number of carbonyl (C=O) groups excluding carboxylic acids is 1. The average molecular weight is 181 g/mol. The summed E-state index contributed by atoms with van der Waals surface area (Å²) >= 11 is 0. The molecule has 0 atom stereocenters. The van der Waals surface area contributed by atoms with Gasteiger partial charge in [-0.05, 0) is 12.8 Å². The highest BCUT2D eigenvalue weighted by atomic mass is 16.2. The molecule has 74 valence electrons. The zero-order valence-corrected chi connectivity index (χ0v) is 8.84. The Morgan fingerprint density at radius 2 is 2.31 bits per heavy atom. The highest BCUT2D eigenvalue weighted by Gasteiger charge is 2.19. The maximum Gasteiger partial charge on any atom is 0.225 e. The summed E-state index contributed by atoms with van der Waals surface area (Å²) in [5, 5.41) is 0. The van der Waals surface area contributed by atoms with Crippen molar-refractivity contribution in [1.29, 1.82) is 0 Å². The van der Waals surface area contributed by atoms with Crippen molar-refractivity contribution in [2.24, 2.45) is 5.92 Å². The van der Waals surface area contributed by atoms with E-state index >= 15 is 0 Å². The van der Waals surface area contributed by atoms with Crippen LogP contribution in [-0.4, -0.2) is 23.9 Å². The smallest absolute Gasteiger partial charge is 0.225 e. The molecule has 0 aromatic rings. The maximum absolute atomic E-state index is 11.7. The highest BCUT2D eigenvalue weighted by Crippen LogP contribution is 2.14. The van der Waals surface area contributed by atoms with Crippen molar-refractivity contribution >= 4 is 5.91 Å². The fraction of sp³-hybridized carbons (Fsp3) is 0.727. The zero-order chi connectivity index (χ0) is 9.84. The molecule has 0 saturated heterocycles. The minimum atomic E-state index is 0.135. The summed E-state index contributed by atoms with van der Waals surface area (Å²) in [7, 11) is 0. The van der Waals surface area contributed by atoms with E-state index in [1.54, 1.807) is 0 Å². The molecule has 0 unspecified atom stereocenters. The van der Waals surface area contributed by atoms with Crippen molar-refractivity contribution < 1.29 is 4.79 Å². The lowest BCUT2D eigenvalue weighted by Crippen LogP contribution is -2.38. The molecule has 2 heteroatoms. The van der Waals surface area contributed by atoms with Crippen molar-refractivity contribution in [3.63, 3.8) is 0 Å². The molecule has 0 saturated carbocycles. The topological polar surface area (TPSA) is 20.3 Å². The van der Waals surface area contributed by atoms with Gasteiger partial charge in [-0.1, -0.05) is 32.4 Å². The van der Waals surface area contributed by atoms with E-state index in [9.17, 15) is 4.79 Å². The van der Waals surface area contributed by atoms with Crippen LogP contribution in [-0.2, 0) is 4.79 Å². The molecule has 1 heterocycles. The lowest BCUT2D eigenvalue weighted by molar-refractivity contribution is -0.134. The van der Waals surface area contributed by atoms with Gasteiger partial charge in [0.1, 0.15) is 0 Å². The predicted molar refractivity (Wildman–Crippen MR) is 54.4 cm³/mol. The Hall–Kier alpha value is -0.790. The molecule has 1 aliphatic rings. The Morgan fingerprint density at radius 1 is 1.62 bits per heavy atom. The highest BCUT2D eigenvalue weighted by molar-refractivity contribution is 5.78. The minimum absolute atomic E-state index is 0.135. The molecule has 1 amide bonds. The number of carbonyl (C=O) groups is 1. The normalized spacial score (nSPS) is 17.5. The van der Waals surface area contributed by atoms with Crippen molar-refractivity contribution in [2.75, 3.05) is 13.1 Å². The molecule has 0 radical (unpaired) electrons. The van der Waals surface area contributed by atoms with Crippen molar-refractivity contribution in [2.45, 2.75) is 33.6 Å². The van der Waals surface area contributed by atoms with Gasteiger partial charge in [0.05, 0.1) is 0 Å². The molecule has 13 heavy (non-hydrogen) atoms. The van der Waals surface area contributed by atoms with Crippen LogP contribution >= 0.6 is 0 Å². The first-order chi connectivity index (χ1) is 6.15. The average Bonchev–Trinajstić information content (AvgIpc) is 2.16. The second kappa shape index (κ2) is 4.45. The standard InChI is InChI=1S/C11H19NO/c1-4-10-6-5-7-12(8-10)11(13)9(2)3/h6,9H,4-5,7-8H2,1-3H3. The van der Waals surface area contributed by atoms with E-state index < -0.39 is 0 Å². The number of rotatable bonds is 2. The maximum atomic E-state index is 11.7. The first-order valence-corrected chi connectivity index (χ1v) is 5.11. The first kappa shape index (κ1) is 10.3. The summed E-state index contributed by atoms with van der Waals surface area (Å²) in [6.07, 6.45) is 4.37. The largest absolute Gasteiger partial charge is 0.338 e. The van der Waals surface area contributed by atoms with E-state index in [1.165, 1.54) is 5.57 Å². The van der Waals surface area contributed by atoms with Gasteiger partial charge in [-0.3, -0.25) is 4.79 Å². The van der Waals surface area contributed by atoms with Gasteiger partial charge in [-0.25, -0.2) is 0 Å². The number of amides is 1. The van der Waals surface area contributed by atoms with Crippen molar-refractivity contribution in [1.82, 2.24) is 4.90 Å². The van der Waals surface area contributed by atoms with Crippen molar-refractivity contribution in [3.8, 4) is 0 Å². The predicted octanol–water partition coefficient (Wildman–Crippen LogP) is 2.21. The van der Waals surface area contributed by atoms with Gasteiger partial charge in [0.2, 0.25) is 5.91 Å². The summed E-state index contributed by atoms with van der Waals surface area (Å²) in [5.41, 5.74) is 1.40. The molecular weight excluding hydrogens is 162 g/mol. The first-order valence-electron chi connectivity index (χ1n) is 5.11. The summed E-state index contributed by atoms with van der Waals surface area (Å²) < 4.78 is 0. The Kier molecular flexibility index (Phi) is 3.52. The summed E-state index contributed by atoms with van der Waals surface area (Å²) in [4.78, 5) is 13.6. The third kappa shape index (κ3) is 2.58. The van der Waals surface area contributed by atoms with Gasteiger partial charge >= 0.3 is 0 Å². The molecule has 0 spiro atoms. The third-order valence-corrected chi connectivity index (χ3v) is 2.49. The van der Waals surface area contributed by atoms with E-state index in [-0.39, 0.29) is 5.92 Å². The number of hydrogen-bond donors (Lipinski definition) is 0. The van der Waals surface area contributed by atoms with E-state index in [0.717, 1.165) is 25.9 Å². The number of nitrogens with zero attached hydrogens (tertiary/aromatic N) is 1. The monoisotopic (exact) mass is 181 g/mol. The van der Waals surface area contributed by atoms with Crippen LogP contribution in [0.3, 0.4) is 0 Å². The van der Waals surface area contributed by atoms with Gasteiger partial charge in [0.15, 0.2) is 0 Å². The Bertz CT molecular complexity index is 218. The molecule has 0 aliphatic carbocycles. The lowest BCUT2D eigenvalue weighted by atomic mass is 10.1. The number of hydrogen-bond acceptors (Lipinski definition) is 1. The van der Waals surface area contributed by atoms with E-state index in [2.05, 4.69) is 13.0 Å². The van der Waals surface area contributed by atoms with Crippen LogP contribution in [0.25, 0.3) is 0 Å². The van der Waals surface area contributed by atoms with Gasteiger partial charge < -0.3 is 4.90 Å². The van der Waals surface area contributed by atoms with Crippen LogP contribution in [0.2, 0.25) is 0 Å². The van der Waals surface area contributed by atoms with Crippen LogP contribution in [0.5, 0.6) is 0 Å². The SMILES string of the molecule is CCC1=CCCN(C(=O)C(C)C)C1. The van der Waals surface area contributed by atoms with Crippen LogP contribution in [0.4, 0.5) is 0 Å². The Balaban J connectivity index is 2.55. The van der Waals surface area contributed by atoms with Crippen LogP contribution in [0.1, 0.15) is 33.6 Å². The molecule has 0 N–H and O–H groups in total. The molecule has 0 bridgehead atoms. The molecule has 1 aliphatic heterocycles. The molecular formula is C11H19NO. The quantitative estimate of drug-likeness (QED) is 0.598. The van der Waals surface area contributed by atoms with Crippen LogP contribution < -0.4 is 0 Å². The van der Waals surface area contributed by atoms with Gasteiger partial charge in [-0.2, -0.15) is 0 Å². The lowest BCUT2D eigenvalue weighted by Gasteiger charge is -2.28. The second-order valence-electron chi connectivity index (χ2n) is 3.92. The molecule has 0 aromatic heterocycles.